The van der Waals surface area contributed by atoms with Gasteiger partial charge in [-0.05, 0) is 48.7 Å². The molecule has 2 heterocycles. The maximum Gasteiger partial charge on any atom is 0.286 e. The Labute approximate surface area is 128 Å². The number of halogens is 1. The lowest BCUT2D eigenvalue weighted by molar-refractivity contribution is 0.0920. The molecule has 1 aliphatic rings. The minimum atomic E-state index is -0.148. The molecular weight excluding hydrogens is 288 g/mol. The summed E-state index contributed by atoms with van der Waals surface area (Å²) in [5, 5.41) is 3.68. The van der Waals surface area contributed by atoms with Crippen LogP contribution in [0, 0.1) is 5.92 Å². The molecule has 3 rings (SSSR count). The van der Waals surface area contributed by atoms with Crippen molar-refractivity contribution in [1.82, 2.24) is 5.32 Å². The average molecular weight is 305 g/mol. The van der Waals surface area contributed by atoms with Gasteiger partial charge < -0.3 is 14.6 Å². The van der Waals surface area contributed by atoms with Crippen molar-refractivity contribution in [2.24, 2.45) is 5.92 Å². The molecule has 0 bridgehead atoms. The number of rotatable bonds is 4. The van der Waals surface area contributed by atoms with E-state index in [4.69, 9.17) is 16.0 Å². The van der Waals surface area contributed by atoms with E-state index in [0.29, 0.717) is 18.2 Å². The molecule has 0 spiro atoms. The zero-order valence-electron chi connectivity index (χ0n) is 11.6. The summed E-state index contributed by atoms with van der Waals surface area (Å²) in [4.78, 5) is 14.1. The summed E-state index contributed by atoms with van der Waals surface area (Å²) in [5.74, 6) is 0.673. The summed E-state index contributed by atoms with van der Waals surface area (Å²) >= 11 is 5.91. The molecule has 110 valence electrons. The van der Waals surface area contributed by atoms with E-state index in [1.807, 2.05) is 24.3 Å². The maximum atomic E-state index is 11.8. The maximum absolute atomic E-state index is 11.8. The SMILES string of the molecule is O=C(NCC1CCN(c2ccc(Cl)cc2)C1)c1ccco1. The van der Waals surface area contributed by atoms with E-state index in [-0.39, 0.29) is 5.91 Å². The van der Waals surface area contributed by atoms with Crippen molar-refractivity contribution in [3.05, 3.63) is 53.4 Å². The lowest BCUT2D eigenvalue weighted by Crippen LogP contribution is -2.30. The smallest absolute Gasteiger partial charge is 0.286 e. The van der Waals surface area contributed by atoms with Gasteiger partial charge in [0.25, 0.3) is 5.91 Å². The van der Waals surface area contributed by atoms with Gasteiger partial charge in [-0.2, -0.15) is 0 Å². The summed E-state index contributed by atoms with van der Waals surface area (Å²) in [5.41, 5.74) is 1.18. The molecule has 1 aromatic carbocycles. The predicted octanol–water partition coefficient (Wildman–Crippen LogP) is 3.19. The Morgan fingerprint density at radius 2 is 2.14 bits per heavy atom. The number of nitrogens with one attached hydrogen (secondary N) is 1. The third kappa shape index (κ3) is 3.39. The second-order valence-electron chi connectivity index (χ2n) is 5.26. The van der Waals surface area contributed by atoms with E-state index in [9.17, 15) is 4.79 Å². The molecule has 4 nitrogen and oxygen atoms in total. The Kier molecular flexibility index (Phi) is 4.15. The zero-order valence-corrected chi connectivity index (χ0v) is 12.3. The van der Waals surface area contributed by atoms with E-state index in [0.717, 1.165) is 24.5 Å². The first-order valence-electron chi connectivity index (χ1n) is 7.04. The Bertz CT molecular complexity index is 595. The van der Waals surface area contributed by atoms with Crippen LogP contribution in [0.25, 0.3) is 0 Å². The van der Waals surface area contributed by atoms with E-state index < -0.39 is 0 Å². The summed E-state index contributed by atoms with van der Waals surface area (Å²) in [6, 6.07) is 11.3. The second-order valence-corrected chi connectivity index (χ2v) is 5.70. The van der Waals surface area contributed by atoms with Gasteiger partial charge in [0.2, 0.25) is 0 Å². The molecule has 1 saturated heterocycles. The van der Waals surface area contributed by atoms with Crippen LogP contribution in [0.15, 0.2) is 47.1 Å². The van der Waals surface area contributed by atoms with E-state index in [1.165, 1.54) is 12.0 Å². The average Bonchev–Trinajstić information content (AvgIpc) is 3.17. The van der Waals surface area contributed by atoms with Crippen molar-refractivity contribution in [2.45, 2.75) is 6.42 Å². The number of hydrogen-bond donors (Lipinski definition) is 1. The normalized spacial score (nSPS) is 18.0. The molecule has 2 aromatic rings. The van der Waals surface area contributed by atoms with Crippen LogP contribution in [0.3, 0.4) is 0 Å². The van der Waals surface area contributed by atoms with Crippen LogP contribution in [0.1, 0.15) is 17.0 Å². The van der Waals surface area contributed by atoms with Crippen LogP contribution >= 0.6 is 11.6 Å². The van der Waals surface area contributed by atoms with Gasteiger partial charge >= 0.3 is 0 Å². The fourth-order valence-corrected chi connectivity index (χ4v) is 2.74. The number of hydrogen-bond acceptors (Lipinski definition) is 3. The molecule has 5 heteroatoms. The monoisotopic (exact) mass is 304 g/mol. The summed E-state index contributed by atoms with van der Waals surface area (Å²) in [6.45, 7) is 2.62. The van der Waals surface area contributed by atoms with Crippen LogP contribution in [0.4, 0.5) is 5.69 Å². The minimum Gasteiger partial charge on any atom is -0.459 e. The number of furan rings is 1. The van der Waals surface area contributed by atoms with E-state index >= 15 is 0 Å². The highest BCUT2D eigenvalue weighted by atomic mass is 35.5. The van der Waals surface area contributed by atoms with Crippen molar-refractivity contribution in [1.29, 1.82) is 0 Å². The Balaban J connectivity index is 1.51. The molecule has 1 fully saturated rings. The van der Waals surface area contributed by atoms with Crippen LogP contribution in [0.2, 0.25) is 5.02 Å². The molecule has 21 heavy (non-hydrogen) atoms. The highest BCUT2D eigenvalue weighted by Gasteiger charge is 2.23. The molecule has 1 unspecified atom stereocenters. The Hall–Kier alpha value is -1.94. The molecule has 1 N–H and O–H groups in total. The fourth-order valence-electron chi connectivity index (χ4n) is 2.62. The van der Waals surface area contributed by atoms with Gasteiger partial charge in [0.05, 0.1) is 6.26 Å². The zero-order chi connectivity index (χ0) is 14.7. The first-order valence-corrected chi connectivity index (χ1v) is 7.42. The van der Waals surface area contributed by atoms with Gasteiger partial charge in [0.15, 0.2) is 5.76 Å². The number of nitrogens with zero attached hydrogens (tertiary/aromatic N) is 1. The molecule has 1 atom stereocenters. The first-order chi connectivity index (χ1) is 10.2. The highest BCUT2D eigenvalue weighted by molar-refractivity contribution is 6.30. The van der Waals surface area contributed by atoms with Crippen LogP contribution in [-0.4, -0.2) is 25.5 Å². The number of benzene rings is 1. The quantitative estimate of drug-likeness (QED) is 0.943. The Morgan fingerprint density at radius 1 is 1.33 bits per heavy atom. The summed E-state index contributed by atoms with van der Waals surface area (Å²) < 4.78 is 5.08. The van der Waals surface area contributed by atoms with Gasteiger partial charge in [-0.1, -0.05) is 11.6 Å². The topological polar surface area (TPSA) is 45.5 Å². The number of anilines is 1. The Morgan fingerprint density at radius 3 is 2.86 bits per heavy atom. The third-order valence-electron chi connectivity index (χ3n) is 3.77. The highest BCUT2D eigenvalue weighted by Crippen LogP contribution is 2.24. The van der Waals surface area contributed by atoms with Crippen molar-refractivity contribution >= 4 is 23.2 Å². The third-order valence-corrected chi connectivity index (χ3v) is 4.03. The molecule has 0 aliphatic carbocycles. The van der Waals surface area contributed by atoms with Gasteiger partial charge in [0.1, 0.15) is 0 Å². The van der Waals surface area contributed by atoms with E-state index in [1.54, 1.807) is 12.1 Å². The molecule has 1 aromatic heterocycles. The van der Waals surface area contributed by atoms with Crippen molar-refractivity contribution in [2.75, 3.05) is 24.5 Å². The molecule has 1 aliphatic heterocycles. The van der Waals surface area contributed by atoms with Crippen molar-refractivity contribution in [3.8, 4) is 0 Å². The van der Waals surface area contributed by atoms with E-state index in [2.05, 4.69) is 10.2 Å². The number of carbonyl (C=O) groups is 1. The van der Waals surface area contributed by atoms with Crippen LogP contribution < -0.4 is 10.2 Å². The standard InChI is InChI=1S/C16H17ClN2O2/c17-13-3-5-14(6-4-13)19-8-7-12(11-19)10-18-16(20)15-2-1-9-21-15/h1-6,9,12H,7-8,10-11H2,(H,18,20). The van der Waals surface area contributed by atoms with Gasteiger partial charge in [-0.25, -0.2) is 0 Å². The molecule has 0 radical (unpaired) electrons. The van der Waals surface area contributed by atoms with Crippen molar-refractivity contribution < 1.29 is 9.21 Å². The van der Waals surface area contributed by atoms with Gasteiger partial charge in [-0.3, -0.25) is 4.79 Å². The van der Waals surface area contributed by atoms with Crippen molar-refractivity contribution in [3.63, 3.8) is 0 Å². The summed E-state index contributed by atoms with van der Waals surface area (Å²) in [7, 11) is 0. The molecular formula is C16H17ClN2O2. The second kappa shape index (κ2) is 6.22. The summed E-state index contributed by atoms with van der Waals surface area (Å²) in [6.07, 6.45) is 2.58. The van der Waals surface area contributed by atoms with Gasteiger partial charge in [-0.15, -0.1) is 0 Å². The predicted molar refractivity (Wildman–Crippen MR) is 82.8 cm³/mol. The minimum absolute atomic E-state index is 0.148. The lowest BCUT2D eigenvalue weighted by atomic mass is 10.1. The number of carbonyl (C=O) groups excluding carboxylic acids is 1. The fraction of sp³-hybridized carbons (Fsp3) is 0.312. The van der Waals surface area contributed by atoms with Crippen LogP contribution in [0.5, 0.6) is 0 Å². The molecule has 1 amide bonds. The molecule has 0 saturated carbocycles. The van der Waals surface area contributed by atoms with Gasteiger partial charge in [0, 0.05) is 30.3 Å². The largest absolute Gasteiger partial charge is 0.459 e. The lowest BCUT2D eigenvalue weighted by Gasteiger charge is -2.18. The number of amides is 1. The van der Waals surface area contributed by atoms with Crippen LogP contribution in [-0.2, 0) is 0 Å². The first kappa shape index (κ1) is 14.0.